The molecule has 31 heavy (non-hydrogen) atoms. The second-order valence-corrected chi connectivity index (χ2v) is 10.2. The van der Waals surface area contributed by atoms with E-state index in [0.29, 0.717) is 40.2 Å². The number of carbonyl (C=O) groups excluding carboxylic acids is 1. The number of aryl methyl sites for hydroxylation is 1. The quantitative estimate of drug-likeness (QED) is 0.626. The number of nitrogens with one attached hydrogen (secondary N) is 1. The standard InChI is InChI=1S/C21H23N5O3S2/c1-15-18(30-21(24-15)19-22-10-7-11-23-19)20(27)25-16-8-6-9-17(14-16)31(28,29)26-12-4-2-3-5-13-26/h6-11,14H,2-5,12-13H2,1H3,(H,25,27). The van der Waals surface area contributed by atoms with Gasteiger partial charge >= 0.3 is 0 Å². The Bertz CT molecular complexity index is 1170. The van der Waals surface area contributed by atoms with Gasteiger partial charge in [0.2, 0.25) is 10.0 Å². The Kier molecular flexibility index (Phi) is 6.40. The first-order chi connectivity index (χ1) is 14.9. The molecule has 162 valence electrons. The number of hydrogen-bond acceptors (Lipinski definition) is 7. The van der Waals surface area contributed by atoms with Crippen molar-refractivity contribution < 1.29 is 13.2 Å². The lowest BCUT2D eigenvalue weighted by molar-refractivity contribution is 0.102. The minimum Gasteiger partial charge on any atom is -0.321 e. The molecule has 1 amide bonds. The molecule has 1 aliphatic rings. The van der Waals surface area contributed by atoms with Crippen molar-refractivity contribution in [3.05, 3.63) is 53.3 Å². The van der Waals surface area contributed by atoms with Crippen LogP contribution in [0.2, 0.25) is 0 Å². The normalized spacial score (nSPS) is 15.4. The van der Waals surface area contributed by atoms with Gasteiger partial charge in [0.1, 0.15) is 4.88 Å². The highest BCUT2D eigenvalue weighted by atomic mass is 32.2. The molecule has 1 N–H and O–H groups in total. The fourth-order valence-corrected chi connectivity index (χ4v) is 5.94. The number of sulfonamides is 1. The summed E-state index contributed by atoms with van der Waals surface area (Å²) < 4.78 is 27.6. The van der Waals surface area contributed by atoms with Gasteiger partial charge < -0.3 is 5.32 Å². The van der Waals surface area contributed by atoms with Crippen LogP contribution in [-0.4, -0.2) is 46.7 Å². The first-order valence-electron chi connectivity index (χ1n) is 10.1. The van der Waals surface area contributed by atoms with Crippen molar-refractivity contribution in [1.29, 1.82) is 0 Å². The van der Waals surface area contributed by atoms with Crippen LogP contribution >= 0.6 is 11.3 Å². The zero-order chi connectivity index (χ0) is 21.8. The molecular formula is C21H23N5O3S2. The summed E-state index contributed by atoms with van der Waals surface area (Å²) in [6.45, 7) is 2.81. The Morgan fingerprint density at radius 1 is 1.06 bits per heavy atom. The van der Waals surface area contributed by atoms with Gasteiger partial charge in [0, 0.05) is 31.2 Å². The summed E-state index contributed by atoms with van der Waals surface area (Å²) in [4.78, 5) is 26.2. The van der Waals surface area contributed by atoms with Crippen molar-refractivity contribution in [1.82, 2.24) is 19.3 Å². The summed E-state index contributed by atoms with van der Waals surface area (Å²) in [5.74, 6) is 0.113. The van der Waals surface area contributed by atoms with Gasteiger partial charge in [-0.3, -0.25) is 4.79 Å². The lowest BCUT2D eigenvalue weighted by atomic mass is 10.2. The number of thiazole rings is 1. The van der Waals surface area contributed by atoms with Crippen molar-refractivity contribution in [2.75, 3.05) is 18.4 Å². The summed E-state index contributed by atoms with van der Waals surface area (Å²) in [6.07, 6.45) is 7.07. The molecule has 0 bridgehead atoms. The van der Waals surface area contributed by atoms with Crippen molar-refractivity contribution in [3.8, 4) is 10.8 Å². The van der Waals surface area contributed by atoms with Crippen molar-refractivity contribution in [3.63, 3.8) is 0 Å². The molecule has 1 aromatic carbocycles. The maximum Gasteiger partial charge on any atom is 0.267 e. The molecule has 1 aliphatic heterocycles. The molecule has 4 rings (SSSR count). The highest BCUT2D eigenvalue weighted by Crippen LogP contribution is 2.27. The summed E-state index contributed by atoms with van der Waals surface area (Å²) >= 11 is 1.20. The second-order valence-electron chi connectivity index (χ2n) is 7.31. The summed E-state index contributed by atoms with van der Waals surface area (Å²) in [6, 6.07) is 8.11. The third-order valence-electron chi connectivity index (χ3n) is 5.05. The van der Waals surface area contributed by atoms with Crippen LogP contribution in [0.15, 0.2) is 47.6 Å². The molecule has 2 aromatic heterocycles. The molecule has 1 saturated heterocycles. The smallest absolute Gasteiger partial charge is 0.267 e. The number of hydrogen-bond donors (Lipinski definition) is 1. The minimum absolute atomic E-state index is 0.187. The average molecular weight is 458 g/mol. The number of rotatable bonds is 5. The van der Waals surface area contributed by atoms with E-state index in [2.05, 4.69) is 20.3 Å². The van der Waals surface area contributed by atoms with E-state index in [1.165, 1.54) is 17.4 Å². The summed E-state index contributed by atoms with van der Waals surface area (Å²) in [7, 11) is -3.59. The molecule has 0 atom stereocenters. The van der Waals surface area contributed by atoms with Crippen molar-refractivity contribution in [2.45, 2.75) is 37.5 Å². The second kappa shape index (κ2) is 9.21. The van der Waals surface area contributed by atoms with Gasteiger partial charge in [-0.25, -0.2) is 23.4 Å². The van der Waals surface area contributed by atoms with Crippen LogP contribution in [0.1, 0.15) is 41.0 Å². The Morgan fingerprint density at radius 2 is 1.77 bits per heavy atom. The van der Waals surface area contributed by atoms with E-state index < -0.39 is 10.0 Å². The highest BCUT2D eigenvalue weighted by molar-refractivity contribution is 7.89. The third-order valence-corrected chi connectivity index (χ3v) is 8.10. The average Bonchev–Trinajstić information content (AvgIpc) is 2.98. The van der Waals surface area contributed by atoms with Crippen LogP contribution in [0.25, 0.3) is 10.8 Å². The van der Waals surface area contributed by atoms with Gasteiger partial charge in [-0.05, 0) is 44.0 Å². The predicted molar refractivity (Wildman–Crippen MR) is 119 cm³/mol. The maximum absolute atomic E-state index is 13.1. The van der Waals surface area contributed by atoms with Crippen LogP contribution in [0.4, 0.5) is 5.69 Å². The van der Waals surface area contributed by atoms with E-state index in [4.69, 9.17) is 0 Å². The summed E-state index contributed by atoms with van der Waals surface area (Å²) in [5.41, 5.74) is 0.990. The fraction of sp³-hybridized carbons (Fsp3) is 0.333. The van der Waals surface area contributed by atoms with Crippen LogP contribution in [0.3, 0.4) is 0 Å². The van der Waals surface area contributed by atoms with E-state index in [0.717, 1.165) is 25.7 Å². The Hall–Kier alpha value is -2.69. The number of anilines is 1. The van der Waals surface area contributed by atoms with Gasteiger partial charge in [0.05, 0.1) is 10.6 Å². The molecule has 0 spiro atoms. The van der Waals surface area contributed by atoms with Crippen LogP contribution < -0.4 is 5.32 Å². The first-order valence-corrected chi connectivity index (χ1v) is 12.4. The molecule has 0 saturated carbocycles. The molecule has 3 heterocycles. The summed E-state index contributed by atoms with van der Waals surface area (Å²) in [5, 5.41) is 3.36. The van der Waals surface area contributed by atoms with E-state index in [9.17, 15) is 13.2 Å². The molecule has 0 unspecified atom stereocenters. The lowest BCUT2D eigenvalue weighted by Crippen LogP contribution is -2.32. The van der Waals surface area contributed by atoms with Crippen LogP contribution in [-0.2, 0) is 10.0 Å². The zero-order valence-electron chi connectivity index (χ0n) is 17.1. The van der Waals surface area contributed by atoms with Crippen molar-refractivity contribution >= 4 is 33.0 Å². The first kappa shape index (κ1) is 21.5. The van der Waals surface area contributed by atoms with Gasteiger partial charge in [-0.2, -0.15) is 4.31 Å². The number of aromatic nitrogens is 3. The van der Waals surface area contributed by atoms with Gasteiger partial charge in [0.25, 0.3) is 5.91 Å². The number of benzene rings is 1. The maximum atomic E-state index is 13.1. The van der Waals surface area contributed by atoms with E-state index in [1.54, 1.807) is 47.9 Å². The lowest BCUT2D eigenvalue weighted by Gasteiger charge is -2.20. The van der Waals surface area contributed by atoms with Gasteiger partial charge in [0.15, 0.2) is 10.8 Å². The Morgan fingerprint density at radius 3 is 2.48 bits per heavy atom. The number of carbonyl (C=O) groups is 1. The van der Waals surface area contributed by atoms with Gasteiger partial charge in [-0.15, -0.1) is 11.3 Å². The van der Waals surface area contributed by atoms with E-state index in [-0.39, 0.29) is 10.8 Å². The van der Waals surface area contributed by atoms with Crippen LogP contribution in [0.5, 0.6) is 0 Å². The molecule has 3 aromatic rings. The monoisotopic (exact) mass is 457 g/mol. The van der Waals surface area contributed by atoms with Crippen molar-refractivity contribution in [2.24, 2.45) is 0 Å². The predicted octanol–water partition coefficient (Wildman–Crippen LogP) is 3.73. The topological polar surface area (TPSA) is 105 Å². The largest absolute Gasteiger partial charge is 0.321 e. The molecule has 8 nitrogen and oxygen atoms in total. The molecule has 10 heteroatoms. The van der Waals surface area contributed by atoms with Crippen LogP contribution in [0, 0.1) is 6.92 Å². The molecule has 0 aliphatic carbocycles. The number of nitrogens with zero attached hydrogens (tertiary/aromatic N) is 4. The Balaban J connectivity index is 1.54. The molecular weight excluding hydrogens is 434 g/mol. The number of amides is 1. The Labute approximate surface area is 185 Å². The highest BCUT2D eigenvalue weighted by Gasteiger charge is 2.25. The SMILES string of the molecule is Cc1nc(-c2ncccn2)sc1C(=O)Nc1cccc(S(=O)(=O)N2CCCCCC2)c1. The minimum atomic E-state index is -3.59. The molecule has 0 radical (unpaired) electrons. The van der Waals surface area contributed by atoms with Gasteiger partial charge in [-0.1, -0.05) is 18.9 Å². The molecule has 1 fully saturated rings. The van der Waals surface area contributed by atoms with E-state index >= 15 is 0 Å². The third kappa shape index (κ3) is 4.81. The van der Waals surface area contributed by atoms with E-state index in [1.807, 2.05) is 0 Å². The fourth-order valence-electron chi connectivity index (χ4n) is 3.47. The zero-order valence-corrected chi connectivity index (χ0v) is 18.7.